The van der Waals surface area contributed by atoms with Crippen molar-refractivity contribution in [3.63, 3.8) is 0 Å². The molecule has 0 saturated heterocycles. The van der Waals surface area contributed by atoms with Gasteiger partial charge in [-0.05, 0) is 43.4 Å². The highest BCUT2D eigenvalue weighted by molar-refractivity contribution is 5.41. The van der Waals surface area contributed by atoms with E-state index in [4.69, 9.17) is 11.6 Å². The standard InChI is InChI=1S/C17H20F3N5/c18-17(19,20)16-14-3-1-2-4-15(14)25(23-16)13-7-5-12(6-8-13)11-24(22)10-9-21/h5-10H,1-4,11,21-22H2/b10-9-. The molecular weight excluding hydrogens is 331 g/mol. The highest BCUT2D eigenvalue weighted by Crippen LogP contribution is 2.36. The van der Waals surface area contributed by atoms with E-state index in [-0.39, 0.29) is 0 Å². The number of alkyl halides is 3. The van der Waals surface area contributed by atoms with Crippen molar-refractivity contribution in [2.75, 3.05) is 0 Å². The van der Waals surface area contributed by atoms with Gasteiger partial charge in [0.15, 0.2) is 5.69 Å². The molecule has 0 bridgehead atoms. The molecule has 0 amide bonds. The topological polar surface area (TPSA) is 73.1 Å². The fourth-order valence-corrected chi connectivity index (χ4v) is 3.16. The molecule has 25 heavy (non-hydrogen) atoms. The summed E-state index contributed by atoms with van der Waals surface area (Å²) in [6, 6.07) is 7.17. The molecule has 2 aromatic rings. The van der Waals surface area contributed by atoms with Crippen molar-refractivity contribution in [3.05, 3.63) is 59.2 Å². The van der Waals surface area contributed by atoms with Crippen LogP contribution in [0.25, 0.3) is 5.69 Å². The number of hydrogen-bond acceptors (Lipinski definition) is 4. The fraction of sp³-hybridized carbons (Fsp3) is 0.353. The molecule has 3 rings (SSSR count). The van der Waals surface area contributed by atoms with Gasteiger partial charge in [-0.3, -0.25) is 0 Å². The number of rotatable bonds is 4. The number of halogens is 3. The second-order valence-electron chi connectivity index (χ2n) is 6.07. The number of hydrogen-bond donors (Lipinski definition) is 2. The van der Waals surface area contributed by atoms with E-state index in [1.165, 1.54) is 22.1 Å². The van der Waals surface area contributed by atoms with Crippen LogP contribution in [0.5, 0.6) is 0 Å². The van der Waals surface area contributed by atoms with Crippen molar-refractivity contribution in [1.29, 1.82) is 0 Å². The molecule has 0 atom stereocenters. The van der Waals surface area contributed by atoms with Crippen LogP contribution in [0, 0.1) is 0 Å². The third kappa shape index (κ3) is 3.63. The number of nitrogens with two attached hydrogens (primary N) is 2. The van der Waals surface area contributed by atoms with E-state index in [2.05, 4.69) is 5.10 Å². The van der Waals surface area contributed by atoms with Gasteiger partial charge in [-0.15, -0.1) is 0 Å². The molecule has 1 aliphatic carbocycles. The molecule has 0 spiro atoms. The average molecular weight is 351 g/mol. The molecule has 4 N–H and O–H groups in total. The van der Waals surface area contributed by atoms with E-state index in [0.29, 0.717) is 36.3 Å². The number of hydrazine groups is 1. The number of fused-ring (bicyclic) bond motifs is 1. The number of aromatic nitrogens is 2. The minimum absolute atomic E-state index is 0.337. The summed E-state index contributed by atoms with van der Waals surface area (Å²) in [4.78, 5) is 0. The highest BCUT2D eigenvalue weighted by Gasteiger charge is 2.39. The van der Waals surface area contributed by atoms with Crippen molar-refractivity contribution in [3.8, 4) is 5.69 Å². The first-order valence-corrected chi connectivity index (χ1v) is 8.07. The van der Waals surface area contributed by atoms with Crippen molar-refractivity contribution in [2.45, 2.75) is 38.4 Å². The first-order valence-electron chi connectivity index (χ1n) is 8.07. The summed E-state index contributed by atoms with van der Waals surface area (Å²) in [6.07, 6.45) is 1.12. The molecule has 1 aromatic heterocycles. The summed E-state index contributed by atoms with van der Waals surface area (Å²) in [7, 11) is 0. The second-order valence-corrected chi connectivity index (χ2v) is 6.07. The normalized spacial score (nSPS) is 14.7. The lowest BCUT2D eigenvalue weighted by Crippen LogP contribution is -2.24. The third-order valence-electron chi connectivity index (χ3n) is 4.27. The van der Waals surface area contributed by atoms with Gasteiger partial charge in [-0.1, -0.05) is 12.1 Å². The van der Waals surface area contributed by atoms with Gasteiger partial charge in [0.2, 0.25) is 0 Å². The van der Waals surface area contributed by atoms with Gasteiger partial charge in [0, 0.05) is 23.7 Å². The predicted molar refractivity (Wildman–Crippen MR) is 88.3 cm³/mol. The smallest absolute Gasteiger partial charge is 0.403 e. The molecular formula is C17H20F3N5. The molecule has 1 aliphatic rings. The minimum Gasteiger partial charge on any atom is -0.403 e. The van der Waals surface area contributed by atoms with Crippen molar-refractivity contribution in [2.24, 2.45) is 11.6 Å². The Morgan fingerprint density at radius 2 is 1.84 bits per heavy atom. The Bertz CT molecular complexity index is 762. The van der Waals surface area contributed by atoms with Crippen LogP contribution in [0.3, 0.4) is 0 Å². The van der Waals surface area contributed by atoms with Crippen LogP contribution in [0.2, 0.25) is 0 Å². The Hall–Kier alpha value is -2.48. The molecule has 1 aromatic carbocycles. The molecule has 0 fully saturated rings. The molecule has 0 unspecified atom stereocenters. The lowest BCUT2D eigenvalue weighted by Gasteiger charge is -2.16. The first-order chi connectivity index (χ1) is 11.9. The molecule has 5 nitrogen and oxygen atoms in total. The van der Waals surface area contributed by atoms with Crippen LogP contribution in [0.4, 0.5) is 13.2 Å². The van der Waals surface area contributed by atoms with E-state index in [0.717, 1.165) is 18.4 Å². The van der Waals surface area contributed by atoms with Gasteiger partial charge in [0.1, 0.15) is 0 Å². The van der Waals surface area contributed by atoms with Crippen LogP contribution in [0.15, 0.2) is 36.7 Å². The van der Waals surface area contributed by atoms with Crippen LogP contribution in [-0.2, 0) is 25.6 Å². The van der Waals surface area contributed by atoms with Gasteiger partial charge in [-0.25, -0.2) is 10.5 Å². The maximum Gasteiger partial charge on any atom is 0.435 e. The molecule has 0 saturated carbocycles. The zero-order valence-corrected chi connectivity index (χ0v) is 13.6. The average Bonchev–Trinajstić information content (AvgIpc) is 2.96. The lowest BCUT2D eigenvalue weighted by molar-refractivity contribution is -0.142. The molecule has 1 heterocycles. The first kappa shape index (κ1) is 17.3. The van der Waals surface area contributed by atoms with Crippen LogP contribution < -0.4 is 11.6 Å². The second kappa shape index (κ2) is 6.79. The van der Waals surface area contributed by atoms with Gasteiger partial charge < -0.3 is 10.7 Å². The highest BCUT2D eigenvalue weighted by atomic mass is 19.4. The lowest BCUT2D eigenvalue weighted by atomic mass is 9.95. The number of nitrogens with zero attached hydrogens (tertiary/aromatic N) is 3. The van der Waals surface area contributed by atoms with Crippen LogP contribution >= 0.6 is 0 Å². The molecule has 8 heteroatoms. The summed E-state index contributed by atoms with van der Waals surface area (Å²) in [5.74, 6) is 5.73. The summed E-state index contributed by atoms with van der Waals surface area (Å²) in [5.41, 5.74) is 7.06. The third-order valence-corrected chi connectivity index (χ3v) is 4.27. The van der Waals surface area contributed by atoms with Crippen molar-refractivity contribution in [1.82, 2.24) is 14.8 Å². The van der Waals surface area contributed by atoms with E-state index in [1.54, 1.807) is 12.1 Å². The van der Waals surface area contributed by atoms with E-state index < -0.39 is 11.9 Å². The Labute approximate surface area is 143 Å². The monoisotopic (exact) mass is 351 g/mol. The predicted octanol–water partition coefficient (Wildman–Crippen LogP) is 2.88. The maximum atomic E-state index is 13.3. The maximum absolute atomic E-state index is 13.3. The summed E-state index contributed by atoms with van der Waals surface area (Å²) < 4.78 is 41.3. The summed E-state index contributed by atoms with van der Waals surface area (Å²) in [5, 5.41) is 5.31. The fourth-order valence-electron chi connectivity index (χ4n) is 3.16. The van der Waals surface area contributed by atoms with Gasteiger partial charge in [0.25, 0.3) is 0 Å². The molecule has 0 aliphatic heterocycles. The van der Waals surface area contributed by atoms with Gasteiger partial charge in [0.05, 0.1) is 12.2 Å². The SMILES string of the molecule is N/C=C\N(N)Cc1ccc(-n2nc(C(F)(F)F)c3c2CCCC3)cc1. The minimum atomic E-state index is -4.43. The zero-order chi connectivity index (χ0) is 18.0. The Kier molecular flexibility index (Phi) is 4.71. The Morgan fingerprint density at radius 1 is 1.16 bits per heavy atom. The largest absolute Gasteiger partial charge is 0.435 e. The Balaban J connectivity index is 1.93. The molecule has 0 radical (unpaired) electrons. The summed E-state index contributed by atoms with van der Waals surface area (Å²) in [6.45, 7) is 0.443. The summed E-state index contributed by atoms with van der Waals surface area (Å²) >= 11 is 0. The van der Waals surface area contributed by atoms with Gasteiger partial charge in [-0.2, -0.15) is 18.3 Å². The Morgan fingerprint density at radius 3 is 2.48 bits per heavy atom. The van der Waals surface area contributed by atoms with E-state index >= 15 is 0 Å². The van der Waals surface area contributed by atoms with Crippen LogP contribution in [0.1, 0.15) is 35.4 Å². The quantitative estimate of drug-likeness (QED) is 0.656. The van der Waals surface area contributed by atoms with Crippen LogP contribution in [-0.4, -0.2) is 14.8 Å². The zero-order valence-electron chi connectivity index (χ0n) is 13.6. The van der Waals surface area contributed by atoms with E-state index in [9.17, 15) is 13.2 Å². The van der Waals surface area contributed by atoms with Gasteiger partial charge >= 0.3 is 6.18 Å². The molecule has 134 valence electrons. The van der Waals surface area contributed by atoms with E-state index in [1.807, 2.05) is 12.1 Å². The van der Waals surface area contributed by atoms with Crippen molar-refractivity contribution >= 4 is 0 Å². The number of benzene rings is 1. The van der Waals surface area contributed by atoms with Crippen molar-refractivity contribution < 1.29 is 13.2 Å².